The van der Waals surface area contributed by atoms with Gasteiger partial charge >= 0.3 is 0 Å². The van der Waals surface area contributed by atoms with Gasteiger partial charge in [0, 0.05) is 24.2 Å². The first-order chi connectivity index (χ1) is 8.45. The number of pyridine rings is 1. The average Bonchev–Trinajstić information content (AvgIpc) is 2.90. The highest BCUT2D eigenvalue weighted by atomic mass is 14.7. The van der Waals surface area contributed by atoms with Gasteiger partial charge in [-0.15, -0.1) is 0 Å². The molecule has 0 amide bonds. The molecular weight excluding hydrogens is 208 g/mol. The van der Waals surface area contributed by atoms with E-state index in [1.54, 1.807) is 0 Å². The molecule has 2 heterocycles. The highest BCUT2D eigenvalue weighted by Gasteiger charge is 2.07. The molecular formula is C15H12N2. The molecule has 0 saturated carbocycles. The molecule has 0 bridgehead atoms. The number of nitrogens with one attached hydrogen (secondary N) is 1. The molecule has 1 N–H and O–H groups in total. The van der Waals surface area contributed by atoms with Crippen molar-refractivity contribution in [1.29, 1.82) is 0 Å². The van der Waals surface area contributed by atoms with Gasteiger partial charge < -0.3 is 4.98 Å². The lowest BCUT2D eigenvalue weighted by atomic mass is 10.0. The number of hydrogen-bond donors (Lipinski definition) is 1. The fourth-order valence-corrected chi connectivity index (χ4v) is 1.99. The van der Waals surface area contributed by atoms with Crippen LogP contribution in [0, 0.1) is 0 Å². The number of aromatic nitrogens is 2. The monoisotopic (exact) mass is 220 g/mol. The van der Waals surface area contributed by atoms with Crippen LogP contribution < -0.4 is 0 Å². The van der Waals surface area contributed by atoms with Crippen LogP contribution in [0.25, 0.3) is 22.4 Å². The van der Waals surface area contributed by atoms with Crippen molar-refractivity contribution < 1.29 is 0 Å². The van der Waals surface area contributed by atoms with Gasteiger partial charge in [0.1, 0.15) is 0 Å². The summed E-state index contributed by atoms with van der Waals surface area (Å²) in [6.45, 7) is 0. The second-order valence-electron chi connectivity index (χ2n) is 3.87. The Hall–Kier alpha value is -2.35. The molecule has 2 heteroatoms. The molecule has 0 radical (unpaired) electrons. The van der Waals surface area contributed by atoms with Gasteiger partial charge in [0.25, 0.3) is 0 Å². The van der Waals surface area contributed by atoms with E-state index in [-0.39, 0.29) is 0 Å². The Bertz CT molecular complexity index is 543. The van der Waals surface area contributed by atoms with E-state index in [9.17, 15) is 0 Å². The van der Waals surface area contributed by atoms with Crippen LogP contribution in [0.4, 0.5) is 0 Å². The first-order valence-electron chi connectivity index (χ1n) is 5.58. The molecule has 0 saturated heterocycles. The number of benzene rings is 1. The summed E-state index contributed by atoms with van der Waals surface area (Å²) in [4.78, 5) is 7.35. The Kier molecular flexibility index (Phi) is 2.47. The predicted octanol–water partition coefficient (Wildman–Crippen LogP) is 3.74. The maximum absolute atomic E-state index is 4.05. The fourth-order valence-electron chi connectivity index (χ4n) is 1.99. The number of aromatic amines is 1. The van der Waals surface area contributed by atoms with Gasteiger partial charge in [-0.2, -0.15) is 0 Å². The largest absolute Gasteiger partial charge is 0.361 e. The molecule has 3 aromatic rings. The third-order valence-corrected chi connectivity index (χ3v) is 2.80. The number of rotatable bonds is 2. The highest BCUT2D eigenvalue weighted by Crippen LogP contribution is 2.30. The third kappa shape index (κ3) is 1.85. The van der Waals surface area contributed by atoms with Gasteiger partial charge in [-0.3, -0.25) is 4.98 Å². The maximum Gasteiger partial charge on any atom is 0.0533 e. The van der Waals surface area contributed by atoms with Gasteiger partial charge in [0.05, 0.1) is 5.69 Å². The molecule has 2 nitrogen and oxygen atoms in total. The van der Waals surface area contributed by atoms with Crippen molar-refractivity contribution in [3.8, 4) is 22.4 Å². The number of hydrogen-bond acceptors (Lipinski definition) is 1. The Labute approximate surface area is 100.0 Å². The summed E-state index contributed by atoms with van der Waals surface area (Å²) in [5, 5.41) is 0. The minimum Gasteiger partial charge on any atom is -0.361 e. The zero-order chi connectivity index (χ0) is 11.5. The molecule has 0 aliphatic heterocycles. The summed E-state index contributed by atoms with van der Waals surface area (Å²) in [6.07, 6.45) is 5.60. The van der Waals surface area contributed by atoms with E-state index in [2.05, 4.69) is 28.2 Å². The van der Waals surface area contributed by atoms with Gasteiger partial charge in [0.2, 0.25) is 0 Å². The molecule has 1 aromatic carbocycles. The van der Waals surface area contributed by atoms with Crippen molar-refractivity contribution in [3.63, 3.8) is 0 Å². The summed E-state index contributed by atoms with van der Waals surface area (Å²) < 4.78 is 0. The first kappa shape index (κ1) is 9.85. The van der Waals surface area contributed by atoms with Gasteiger partial charge in [-0.25, -0.2) is 0 Å². The quantitative estimate of drug-likeness (QED) is 0.700. The second kappa shape index (κ2) is 4.26. The van der Waals surface area contributed by atoms with Gasteiger partial charge in [0.15, 0.2) is 0 Å². The summed E-state index contributed by atoms with van der Waals surface area (Å²) in [6, 6.07) is 16.5. The van der Waals surface area contributed by atoms with E-state index in [4.69, 9.17) is 0 Å². The Morgan fingerprint density at radius 1 is 0.765 bits per heavy atom. The van der Waals surface area contributed by atoms with Crippen molar-refractivity contribution in [2.24, 2.45) is 0 Å². The van der Waals surface area contributed by atoms with Gasteiger partial charge in [-0.05, 0) is 29.3 Å². The van der Waals surface area contributed by atoms with E-state index < -0.39 is 0 Å². The summed E-state index contributed by atoms with van der Waals surface area (Å²) in [7, 11) is 0. The minimum atomic E-state index is 1.15. The van der Waals surface area contributed by atoms with Crippen LogP contribution in [0.1, 0.15) is 0 Å². The standard InChI is InChI=1S/C15H12N2/c1-2-4-13(5-3-1)15-14(8-11-17-15)12-6-9-16-10-7-12/h1-11,17H. The zero-order valence-electron chi connectivity index (χ0n) is 9.30. The number of nitrogens with zero attached hydrogens (tertiary/aromatic N) is 1. The van der Waals surface area contributed by atoms with Crippen LogP contribution in [0.5, 0.6) is 0 Å². The van der Waals surface area contributed by atoms with Crippen molar-refractivity contribution in [1.82, 2.24) is 9.97 Å². The van der Waals surface area contributed by atoms with E-state index in [1.807, 2.05) is 48.9 Å². The zero-order valence-corrected chi connectivity index (χ0v) is 9.30. The SMILES string of the molecule is c1ccc(-c2[nH]ccc2-c2ccncc2)cc1. The Morgan fingerprint density at radius 2 is 1.53 bits per heavy atom. The van der Waals surface area contributed by atoms with E-state index in [1.165, 1.54) is 16.7 Å². The smallest absolute Gasteiger partial charge is 0.0533 e. The molecule has 0 spiro atoms. The van der Waals surface area contributed by atoms with Gasteiger partial charge in [-0.1, -0.05) is 30.3 Å². The molecule has 17 heavy (non-hydrogen) atoms. The fraction of sp³-hybridized carbons (Fsp3) is 0. The van der Waals surface area contributed by atoms with E-state index >= 15 is 0 Å². The molecule has 0 aliphatic carbocycles. The average molecular weight is 220 g/mol. The van der Waals surface area contributed by atoms with Crippen LogP contribution in [0.2, 0.25) is 0 Å². The molecule has 82 valence electrons. The third-order valence-electron chi connectivity index (χ3n) is 2.80. The molecule has 2 aromatic heterocycles. The Balaban J connectivity index is 2.13. The lowest BCUT2D eigenvalue weighted by Gasteiger charge is -2.04. The number of H-pyrrole nitrogens is 1. The highest BCUT2D eigenvalue weighted by molar-refractivity contribution is 5.80. The van der Waals surface area contributed by atoms with Crippen molar-refractivity contribution in [2.45, 2.75) is 0 Å². The van der Waals surface area contributed by atoms with Crippen LogP contribution >= 0.6 is 0 Å². The molecule has 0 fully saturated rings. The lowest BCUT2D eigenvalue weighted by molar-refractivity contribution is 1.33. The van der Waals surface area contributed by atoms with Crippen molar-refractivity contribution >= 4 is 0 Å². The second-order valence-corrected chi connectivity index (χ2v) is 3.87. The van der Waals surface area contributed by atoms with Crippen LogP contribution in [-0.2, 0) is 0 Å². The molecule has 0 aliphatic rings. The van der Waals surface area contributed by atoms with Crippen LogP contribution in [0.3, 0.4) is 0 Å². The van der Waals surface area contributed by atoms with Crippen LogP contribution in [-0.4, -0.2) is 9.97 Å². The molecule has 3 rings (SSSR count). The topological polar surface area (TPSA) is 28.7 Å². The Morgan fingerprint density at radius 3 is 2.29 bits per heavy atom. The molecule has 0 unspecified atom stereocenters. The minimum absolute atomic E-state index is 1.15. The van der Waals surface area contributed by atoms with E-state index in [0.29, 0.717) is 0 Å². The maximum atomic E-state index is 4.05. The van der Waals surface area contributed by atoms with Crippen LogP contribution in [0.15, 0.2) is 67.1 Å². The van der Waals surface area contributed by atoms with E-state index in [0.717, 1.165) is 5.69 Å². The molecule has 0 atom stereocenters. The summed E-state index contributed by atoms with van der Waals surface area (Å²) >= 11 is 0. The first-order valence-corrected chi connectivity index (χ1v) is 5.58. The predicted molar refractivity (Wildman–Crippen MR) is 69.5 cm³/mol. The van der Waals surface area contributed by atoms with Crippen molar-refractivity contribution in [2.75, 3.05) is 0 Å². The lowest BCUT2D eigenvalue weighted by Crippen LogP contribution is -1.82. The van der Waals surface area contributed by atoms with Crippen molar-refractivity contribution in [3.05, 3.63) is 67.1 Å². The summed E-state index contributed by atoms with van der Waals surface area (Å²) in [5.74, 6) is 0. The summed E-state index contributed by atoms with van der Waals surface area (Å²) in [5.41, 5.74) is 4.74. The normalized spacial score (nSPS) is 10.4.